The van der Waals surface area contributed by atoms with E-state index in [2.05, 4.69) is 10.2 Å². The molecule has 2 aromatic carbocycles. The number of aryl methyl sites for hydroxylation is 2. The van der Waals surface area contributed by atoms with Gasteiger partial charge in [0.25, 0.3) is 0 Å². The fourth-order valence-electron chi connectivity index (χ4n) is 4.19. The monoisotopic (exact) mass is 476 g/mol. The van der Waals surface area contributed by atoms with E-state index in [0.29, 0.717) is 15.7 Å². The molecule has 3 heterocycles. The molecule has 158 valence electrons. The van der Waals surface area contributed by atoms with E-state index >= 15 is 0 Å². The van der Waals surface area contributed by atoms with Crippen LogP contribution in [0.25, 0.3) is 27.3 Å². The fraction of sp³-hybridized carbons (Fsp3) is 0.167. The maximum atomic E-state index is 12.7. The molecule has 0 saturated carbocycles. The summed E-state index contributed by atoms with van der Waals surface area (Å²) in [6.07, 6.45) is 3.34. The number of benzene rings is 2. The first kappa shape index (κ1) is 19.9. The van der Waals surface area contributed by atoms with Crippen molar-refractivity contribution in [1.29, 1.82) is 0 Å². The van der Waals surface area contributed by atoms with Gasteiger partial charge in [-0.3, -0.25) is 9.20 Å². The molecule has 5 nitrogen and oxygen atoms in total. The number of fused-ring (bicyclic) bond motifs is 5. The van der Waals surface area contributed by atoms with Crippen molar-refractivity contribution in [3.63, 3.8) is 0 Å². The number of thiophene rings is 1. The van der Waals surface area contributed by atoms with E-state index in [1.54, 1.807) is 35.6 Å². The molecule has 0 fully saturated rings. The molecule has 3 aromatic heterocycles. The Labute approximate surface area is 197 Å². The standard InChI is InChI=1S/C24H17ClN4OS2/c25-16-11-9-14(10-12-16)18(30)13-31-24-28-27-22-20-17-7-4-8-19(17)32-23(20)26-21(29(22)24)15-5-2-1-3-6-15/h1-3,5-6,9-12H,4,7-8,13H2. The zero-order chi connectivity index (χ0) is 21.7. The van der Waals surface area contributed by atoms with Gasteiger partial charge in [-0.1, -0.05) is 53.7 Å². The molecule has 5 aromatic rings. The Hall–Kier alpha value is -2.74. The number of Topliss-reactive ketones (excluding diaryl/α,β-unsaturated/α-hetero) is 1. The van der Waals surface area contributed by atoms with Gasteiger partial charge in [-0.25, -0.2) is 4.98 Å². The Morgan fingerprint density at radius 2 is 1.88 bits per heavy atom. The van der Waals surface area contributed by atoms with Crippen molar-refractivity contribution < 1.29 is 4.79 Å². The van der Waals surface area contributed by atoms with Crippen molar-refractivity contribution in [2.45, 2.75) is 24.4 Å². The molecule has 0 radical (unpaired) electrons. The number of carbonyl (C=O) groups excluding carboxylic acids is 1. The normalized spacial score (nSPS) is 13.2. The van der Waals surface area contributed by atoms with Gasteiger partial charge in [-0.05, 0) is 49.1 Å². The summed E-state index contributed by atoms with van der Waals surface area (Å²) >= 11 is 9.11. The third kappa shape index (κ3) is 3.32. The number of nitrogens with zero attached hydrogens (tertiary/aromatic N) is 4. The summed E-state index contributed by atoms with van der Waals surface area (Å²) in [7, 11) is 0. The Kier molecular flexibility index (Phi) is 4.97. The first-order chi connectivity index (χ1) is 15.7. The first-order valence-electron chi connectivity index (χ1n) is 10.4. The molecule has 1 aliphatic carbocycles. The molecule has 0 aliphatic heterocycles. The van der Waals surface area contributed by atoms with E-state index in [1.807, 2.05) is 34.7 Å². The largest absolute Gasteiger partial charge is 0.293 e. The van der Waals surface area contributed by atoms with Crippen molar-refractivity contribution in [3.8, 4) is 11.4 Å². The quantitative estimate of drug-likeness (QED) is 0.226. The number of thioether (sulfide) groups is 1. The Balaban J connectivity index is 1.46. The Bertz CT molecular complexity index is 1480. The van der Waals surface area contributed by atoms with E-state index in [1.165, 1.54) is 28.6 Å². The average molecular weight is 477 g/mol. The topological polar surface area (TPSA) is 60.2 Å². The molecule has 8 heteroatoms. The maximum absolute atomic E-state index is 12.7. The summed E-state index contributed by atoms with van der Waals surface area (Å²) in [5.74, 6) is 1.09. The van der Waals surface area contributed by atoms with Gasteiger partial charge in [-0.2, -0.15) is 0 Å². The van der Waals surface area contributed by atoms with Gasteiger partial charge in [0.05, 0.1) is 11.1 Å². The highest BCUT2D eigenvalue weighted by Gasteiger charge is 2.25. The Morgan fingerprint density at radius 1 is 1.06 bits per heavy atom. The number of carbonyl (C=O) groups is 1. The van der Waals surface area contributed by atoms with Crippen LogP contribution in [-0.4, -0.2) is 31.1 Å². The van der Waals surface area contributed by atoms with Crippen molar-refractivity contribution in [3.05, 3.63) is 75.6 Å². The molecule has 0 spiro atoms. The van der Waals surface area contributed by atoms with Crippen LogP contribution in [0.5, 0.6) is 0 Å². The highest BCUT2D eigenvalue weighted by atomic mass is 35.5. The minimum absolute atomic E-state index is 0.0233. The lowest BCUT2D eigenvalue weighted by molar-refractivity contribution is 0.102. The number of ketones is 1. The van der Waals surface area contributed by atoms with Gasteiger partial charge >= 0.3 is 0 Å². The summed E-state index contributed by atoms with van der Waals surface area (Å²) in [6, 6.07) is 17.1. The zero-order valence-corrected chi connectivity index (χ0v) is 19.3. The SMILES string of the molecule is O=C(CSc1nnc2c3c4c(sc3nc(-c3ccccc3)n12)CCC4)c1ccc(Cl)cc1. The van der Waals surface area contributed by atoms with Gasteiger partial charge in [0, 0.05) is 21.0 Å². The minimum Gasteiger partial charge on any atom is -0.293 e. The number of rotatable bonds is 5. The van der Waals surface area contributed by atoms with E-state index in [9.17, 15) is 4.79 Å². The van der Waals surface area contributed by atoms with Crippen LogP contribution in [0.4, 0.5) is 0 Å². The summed E-state index contributed by atoms with van der Waals surface area (Å²) in [4.78, 5) is 20.2. The number of halogens is 1. The second kappa shape index (κ2) is 7.99. The first-order valence-corrected chi connectivity index (χ1v) is 12.5. The molecule has 0 bridgehead atoms. The second-order valence-electron chi connectivity index (χ2n) is 7.70. The zero-order valence-electron chi connectivity index (χ0n) is 16.9. The molecule has 0 unspecified atom stereocenters. The van der Waals surface area contributed by atoms with Crippen LogP contribution >= 0.6 is 34.7 Å². The van der Waals surface area contributed by atoms with Gasteiger partial charge in [0.1, 0.15) is 10.7 Å². The summed E-state index contributed by atoms with van der Waals surface area (Å²) in [6.45, 7) is 0. The van der Waals surface area contributed by atoms with E-state index < -0.39 is 0 Å². The van der Waals surface area contributed by atoms with E-state index in [4.69, 9.17) is 16.6 Å². The molecule has 0 amide bonds. The van der Waals surface area contributed by atoms with Crippen LogP contribution in [0.1, 0.15) is 27.2 Å². The lowest BCUT2D eigenvalue weighted by atomic mass is 10.1. The number of hydrogen-bond donors (Lipinski definition) is 0. The number of hydrogen-bond acceptors (Lipinski definition) is 6. The summed E-state index contributed by atoms with van der Waals surface area (Å²) in [5.41, 5.74) is 3.83. The van der Waals surface area contributed by atoms with Crippen LogP contribution in [0.15, 0.2) is 59.8 Å². The number of aromatic nitrogens is 4. The fourth-order valence-corrected chi connectivity index (χ4v) is 6.40. The molecular formula is C24H17ClN4OS2. The van der Waals surface area contributed by atoms with Gasteiger partial charge < -0.3 is 0 Å². The third-order valence-corrected chi connectivity index (χ3v) is 8.08. The minimum atomic E-state index is 0.0233. The molecule has 32 heavy (non-hydrogen) atoms. The van der Waals surface area contributed by atoms with Gasteiger partial charge in [-0.15, -0.1) is 21.5 Å². The molecule has 0 atom stereocenters. The third-order valence-electron chi connectivity index (χ3n) is 5.71. The van der Waals surface area contributed by atoms with Gasteiger partial charge in [0.2, 0.25) is 0 Å². The molecule has 1 aliphatic rings. The van der Waals surface area contributed by atoms with Crippen LogP contribution in [-0.2, 0) is 12.8 Å². The molecule has 6 rings (SSSR count). The predicted molar refractivity (Wildman–Crippen MR) is 130 cm³/mol. The second-order valence-corrected chi connectivity index (χ2v) is 10.2. The van der Waals surface area contributed by atoms with Crippen LogP contribution in [0.2, 0.25) is 5.02 Å². The maximum Gasteiger partial charge on any atom is 0.197 e. The van der Waals surface area contributed by atoms with E-state index in [0.717, 1.165) is 40.1 Å². The van der Waals surface area contributed by atoms with Crippen molar-refractivity contribution in [2.24, 2.45) is 0 Å². The summed E-state index contributed by atoms with van der Waals surface area (Å²) in [5, 5.41) is 11.5. The van der Waals surface area contributed by atoms with Crippen molar-refractivity contribution in [2.75, 3.05) is 5.75 Å². The van der Waals surface area contributed by atoms with E-state index in [-0.39, 0.29) is 11.5 Å². The van der Waals surface area contributed by atoms with Crippen LogP contribution in [0.3, 0.4) is 0 Å². The van der Waals surface area contributed by atoms with Crippen molar-refractivity contribution >= 4 is 56.3 Å². The highest BCUT2D eigenvalue weighted by molar-refractivity contribution is 7.99. The lowest BCUT2D eigenvalue weighted by Gasteiger charge is -2.08. The predicted octanol–water partition coefficient (Wildman–Crippen LogP) is 6.12. The van der Waals surface area contributed by atoms with Crippen LogP contribution in [0, 0.1) is 0 Å². The van der Waals surface area contributed by atoms with Gasteiger partial charge in [0.15, 0.2) is 16.6 Å². The van der Waals surface area contributed by atoms with Crippen LogP contribution < -0.4 is 0 Å². The Morgan fingerprint density at radius 3 is 2.69 bits per heavy atom. The average Bonchev–Trinajstić information content (AvgIpc) is 3.52. The molecular weight excluding hydrogens is 460 g/mol. The molecule has 0 N–H and O–H groups in total. The molecule has 0 saturated heterocycles. The smallest absolute Gasteiger partial charge is 0.197 e. The highest BCUT2D eigenvalue weighted by Crippen LogP contribution is 2.40. The summed E-state index contributed by atoms with van der Waals surface area (Å²) < 4.78 is 2.02. The lowest BCUT2D eigenvalue weighted by Crippen LogP contribution is -2.04. The van der Waals surface area contributed by atoms with Crippen molar-refractivity contribution in [1.82, 2.24) is 19.6 Å².